The monoisotopic (exact) mass is 316 g/mol. The maximum absolute atomic E-state index is 5.13. The smallest absolute Gasteiger partial charge is 0.227 e. The Labute approximate surface area is 136 Å². The van der Waals surface area contributed by atoms with Crippen LogP contribution in [0.4, 0.5) is 11.8 Å². The van der Waals surface area contributed by atoms with Crippen LogP contribution in [0.2, 0.25) is 0 Å². The summed E-state index contributed by atoms with van der Waals surface area (Å²) in [6.07, 6.45) is 1.81. The van der Waals surface area contributed by atoms with E-state index in [1.54, 1.807) is 0 Å². The molecule has 0 unspecified atom stereocenters. The molecule has 2 aromatic rings. The molecule has 0 amide bonds. The normalized spacial score (nSPS) is 15.9. The molecule has 0 aliphatic carbocycles. The van der Waals surface area contributed by atoms with Gasteiger partial charge in [0, 0.05) is 56.6 Å². The molecule has 7 heteroatoms. The SMILES string of the molecule is CCNc1cc(C)nc(N2CCN(Cc3cnoc3C)CC2)n1. The molecule has 3 heterocycles. The van der Waals surface area contributed by atoms with Gasteiger partial charge in [-0.05, 0) is 20.8 Å². The lowest BCUT2D eigenvalue weighted by molar-refractivity contribution is 0.247. The zero-order valence-electron chi connectivity index (χ0n) is 14.0. The van der Waals surface area contributed by atoms with Gasteiger partial charge in [-0.3, -0.25) is 4.90 Å². The van der Waals surface area contributed by atoms with Gasteiger partial charge in [0.1, 0.15) is 11.6 Å². The van der Waals surface area contributed by atoms with Gasteiger partial charge in [0.2, 0.25) is 5.95 Å². The molecule has 3 rings (SSSR count). The molecule has 0 spiro atoms. The lowest BCUT2D eigenvalue weighted by Gasteiger charge is -2.34. The van der Waals surface area contributed by atoms with Crippen molar-refractivity contribution in [1.29, 1.82) is 0 Å². The molecule has 0 atom stereocenters. The molecule has 124 valence electrons. The van der Waals surface area contributed by atoms with E-state index in [1.165, 1.54) is 5.56 Å². The van der Waals surface area contributed by atoms with E-state index >= 15 is 0 Å². The molecule has 1 aliphatic rings. The van der Waals surface area contributed by atoms with Crippen LogP contribution in [0.3, 0.4) is 0 Å². The van der Waals surface area contributed by atoms with E-state index in [9.17, 15) is 0 Å². The third-order valence-electron chi connectivity index (χ3n) is 4.10. The van der Waals surface area contributed by atoms with Crippen molar-refractivity contribution in [2.24, 2.45) is 0 Å². The number of piperazine rings is 1. The zero-order chi connectivity index (χ0) is 16.2. The standard InChI is InChI=1S/C16H24N6O/c1-4-17-15-9-12(2)19-16(20-15)22-7-5-21(6-8-22)11-14-10-18-23-13(14)3/h9-10H,4-8,11H2,1-3H3,(H,17,19,20). The van der Waals surface area contributed by atoms with Gasteiger partial charge in [0.15, 0.2) is 0 Å². The van der Waals surface area contributed by atoms with Gasteiger partial charge < -0.3 is 14.7 Å². The van der Waals surface area contributed by atoms with Crippen LogP contribution in [0.25, 0.3) is 0 Å². The highest BCUT2D eigenvalue weighted by Gasteiger charge is 2.20. The highest BCUT2D eigenvalue weighted by Crippen LogP contribution is 2.17. The van der Waals surface area contributed by atoms with Crippen LogP contribution in [-0.4, -0.2) is 52.7 Å². The fourth-order valence-electron chi connectivity index (χ4n) is 2.78. The first kappa shape index (κ1) is 15.7. The summed E-state index contributed by atoms with van der Waals surface area (Å²) in [4.78, 5) is 13.9. The van der Waals surface area contributed by atoms with E-state index in [4.69, 9.17) is 4.52 Å². The first-order chi connectivity index (χ1) is 11.2. The Hall–Kier alpha value is -2.15. The van der Waals surface area contributed by atoms with Crippen molar-refractivity contribution in [2.45, 2.75) is 27.3 Å². The third-order valence-corrected chi connectivity index (χ3v) is 4.10. The molecule has 0 aromatic carbocycles. The fraction of sp³-hybridized carbons (Fsp3) is 0.562. The molecule has 1 saturated heterocycles. The van der Waals surface area contributed by atoms with Gasteiger partial charge >= 0.3 is 0 Å². The van der Waals surface area contributed by atoms with Crippen molar-refractivity contribution in [3.05, 3.63) is 29.3 Å². The molecule has 0 bridgehead atoms. The molecule has 1 fully saturated rings. The van der Waals surface area contributed by atoms with Gasteiger partial charge in [-0.15, -0.1) is 0 Å². The van der Waals surface area contributed by atoms with E-state index in [0.29, 0.717) is 0 Å². The van der Waals surface area contributed by atoms with Crippen LogP contribution < -0.4 is 10.2 Å². The minimum absolute atomic E-state index is 0.821. The topological polar surface area (TPSA) is 70.3 Å². The predicted octanol–water partition coefficient (Wildman–Crippen LogP) is 1.84. The number of hydrogen-bond acceptors (Lipinski definition) is 7. The summed E-state index contributed by atoms with van der Waals surface area (Å²) in [6, 6.07) is 1.98. The van der Waals surface area contributed by atoms with Crippen LogP contribution >= 0.6 is 0 Å². The van der Waals surface area contributed by atoms with Crippen molar-refractivity contribution in [1.82, 2.24) is 20.0 Å². The first-order valence-electron chi connectivity index (χ1n) is 8.12. The maximum atomic E-state index is 5.13. The van der Waals surface area contributed by atoms with Gasteiger partial charge in [-0.2, -0.15) is 4.98 Å². The molecule has 23 heavy (non-hydrogen) atoms. The molecule has 0 radical (unpaired) electrons. The summed E-state index contributed by atoms with van der Waals surface area (Å²) in [5.41, 5.74) is 2.16. The Kier molecular flexibility index (Phi) is 4.76. The quantitative estimate of drug-likeness (QED) is 0.902. The molecular formula is C16H24N6O. The Morgan fingerprint density at radius 3 is 2.61 bits per heavy atom. The molecule has 2 aromatic heterocycles. The van der Waals surface area contributed by atoms with Crippen molar-refractivity contribution >= 4 is 11.8 Å². The summed E-state index contributed by atoms with van der Waals surface area (Å²) in [6.45, 7) is 11.6. The first-order valence-corrected chi connectivity index (χ1v) is 8.12. The number of aromatic nitrogens is 3. The van der Waals surface area contributed by atoms with E-state index in [1.807, 2.05) is 26.1 Å². The Balaban J connectivity index is 1.61. The van der Waals surface area contributed by atoms with Crippen molar-refractivity contribution in [3.8, 4) is 0 Å². The summed E-state index contributed by atoms with van der Waals surface area (Å²) >= 11 is 0. The Morgan fingerprint density at radius 1 is 1.17 bits per heavy atom. The van der Waals surface area contributed by atoms with Crippen LogP contribution in [0.15, 0.2) is 16.8 Å². The Bertz CT molecular complexity index is 648. The highest BCUT2D eigenvalue weighted by atomic mass is 16.5. The largest absolute Gasteiger partial charge is 0.370 e. The minimum Gasteiger partial charge on any atom is -0.370 e. The number of hydrogen-bond donors (Lipinski definition) is 1. The van der Waals surface area contributed by atoms with Gasteiger partial charge in [-0.1, -0.05) is 5.16 Å². The van der Waals surface area contributed by atoms with Gasteiger partial charge in [0.05, 0.1) is 6.20 Å². The second-order valence-electron chi connectivity index (χ2n) is 5.90. The van der Waals surface area contributed by atoms with Crippen LogP contribution in [0, 0.1) is 13.8 Å². The van der Waals surface area contributed by atoms with E-state index in [-0.39, 0.29) is 0 Å². The van der Waals surface area contributed by atoms with Crippen molar-refractivity contribution in [2.75, 3.05) is 42.9 Å². The zero-order valence-corrected chi connectivity index (χ0v) is 14.0. The summed E-state index contributed by atoms with van der Waals surface area (Å²) in [5.74, 6) is 2.63. The molecule has 1 aliphatic heterocycles. The van der Waals surface area contributed by atoms with Crippen LogP contribution in [0.5, 0.6) is 0 Å². The third kappa shape index (κ3) is 3.79. The number of nitrogens with zero attached hydrogens (tertiary/aromatic N) is 5. The fourth-order valence-corrected chi connectivity index (χ4v) is 2.78. The van der Waals surface area contributed by atoms with Crippen molar-refractivity contribution in [3.63, 3.8) is 0 Å². The second kappa shape index (κ2) is 6.95. The lowest BCUT2D eigenvalue weighted by atomic mass is 10.2. The number of aryl methyl sites for hydroxylation is 2. The minimum atomic E-state index is 0.821. The summed E-state index contributed by atoms with van der Waals surface area (Å²) in [7, 11) is 0. The highest BCUT2D eigenvalue weighted by molar-refractivity contribution is 5.43. The van der Waals surface area contributed by atoms with E-state index < -0.39 is 0 Å². The summed E-state index contributed by atoms with van der Waals surface area (Å²) in [5, 5.41) is 7.11. The van der Waals surface area contributed by atoms with Gasteiger partial charge in [0.25, 0.3) is 0 Å². The number of anilines is 2. The lowest BCUT2D eigenvalue weighted by Crippen LogP contribution is -2.46. The second-order valence-corrected chi connectivity index (χ2v) is 5.90. The number of nitrogens with one attached hydrogen (secondary N) is 1. The van der Waals surface area contributed by atoms with Gasteiger partial charge in [-0.25, -0.2) is 4.98 Å². The number of rotatable bonds is 5. The van der Waals surface area contributed by atoms with Crippen LogP contribution in [-0.2, 0) is 6.54 Å². The van der Waals surface area contributed by atoms with Crippen LogP contribution in [0.1, 0.15) is 23.9 Å². The molecular weight excluding hydrogens is 292 g/mol. The van der Waals surface area contributed by atoms with E-state index in [2.05, 4.69) is 37.2 Å². The molecule has 0 saturated carbocycles. The Morgan fingerprint density at radius 2 is 1.96 bits per heavy atom. The average Bonchev–Trinajstić information content (AvgIpc) is 2.93. The van der Waals surface area contributed by atoms with E-state index in [0.717, 1.165) is 62.5 Å². The maximum Gasteiger partial charge on any atom is 0.227 e. The average molecular weight is 316 g/mol. The molecule has 7 nitrogen and oxygen atoms in total. The predicted molar refractivity (Wildman–Crippen MR) is 89.7 cm³/mol. The van der Waals surface area contributed by atoms with Crippen molar-refractivity contribution < 1.29 is 4.52 Å². The summed E-state index contributed by atoms with van der Waals surface area (Å²) < 4.78 is 5.13. The molecule has 1 N–H and O–H groups in total.